The van der Waals surface area contributed by atoms with E-state index < -0.39 is 59.0 Å². The Labute approximate surface area is 160 Å². The quantitative estimate of drug-likeness (QED) is 0.424. The van der Waals surface area contributed by atoms with Gasteiger partial charge in [-0.3, -0.25) is 4.79 Å². The molecule has 2 aromatic rings. The zero-order valence-electron chi connectivity index (χ0n) is 14.7. The van der Waals surface area contributed by atoms with Crippen LogP contribution < -0.4 is 10.6 Å². The van der Waals surface area contributed by atoms with Crippen LogP contribution in [0.25, 0.3) is 0 Å². The fraction of sp³-hybridized carbons (Fsp3) is 0.222. The first-order valence-electron chi connectivity index (χ1n) is 8.05. The number of carbonyl (C=O) groups excluding carboxylic acids is 2. The van der Waals surface area contributed by atoms with E-state index in [0.29, 0.717) is 18.2 Å². The van der Waals surface area contributed by atoms with Gasteiger partial charge in [0.2, 0.25) is 0 Å². The Morgan fingerprint density at radius 3 is 2.21 bits per heavy atom. The van der Waals surface area contributed by atoms with Gasteiger partial charge >= 0.3 is 17.8 Å². The van der Waals surface area contributed by atoms with Gasteiger partial charge in [-0.2, -0.15) is 13.2 Å². The third-order valence-corrected chi connectivity index (χ3v) is 3.65. The van der Waals surface area contributed by atoms with E-state index in [1.165, 1.54) is 12.2 Å². The van der Waals surface area contributed by atoms with E-state index in [4.69, 9.17) is 0 Å². The van der Waals surface area contributed by atoms with Crippen molar-refractivity contribution in [1.29, 1.82) is 0 Å². The first kappa shape index (κ1) is 22.1. The lowest BCUT2D eigenvalue weighted by Gasteiger charge is -2.35. The number of esters is 1. The summed E-state index contributed by atoms with van der Waals surface area (Å²) in [6.45, 7) is 0.714. The molecular formula is C18H14F6N2O3. The van der Waals surface area contributed by atoms with E-state index >= 15 is 0 Å². The average Bonchev–Trinajstić information content (AvgIpc) is 2.62. The summed E-state index contributed by atoms with van der Waals surface area (Å²) >= 11 is 0. The first-order valence-corrected chi connectivity index (χ1v) is 8.05. The highest BCUT2D eigenvalue weighted by Gasteiger charge is 2.64. The minimum absolute atomic E-state index is 0.281. The Bertz CT molecular complexity index is 919. The molecule has 0 spiro atoms. The molecule has 1 amide bonds. The number of amides is 1. The predicted molar refractivity (Wildman–Crippen MR) is 89.3 cm³/mol. The number of carbonyl (C=O) groups is 2. The number of anilines is 1. The maximum absolute atomic E-state index is 14.0. The van der Waals surface area contributed by atoms with Gasteiger partial charge in [-0.25, -0.2) is 18.0 Å². The third-order valence-electron chi connectivity index (χ3n) is 3.65. The van der Waals surface area contributed by atoms with Gasteiger partial charge in [0.15, 0.2) is 0 Å². The molecule has 0 aromatic heterocycles. The fourth-order valence-electron chi connectivity index (χ4n) is 2.30. The Balaban J connectivity index is 2.55. The highest BCUT2D eigenvalue weighted by molar-refractivity contribution is 5.99. The van der Waals surface area contributed by atoms with Crippen molar-refractivity contribution in [2.45, 2.75) is 18.8 Å². The van der Waals surface area contributed by atoms with Crippen LogP contribution >= 0.6 is 0 Å². The molecule has 2 rings (SSSR count). The Morgan fingerprint density at radius 1 is 1.00 bits per heavy atom. The monoisotopic (exact) mass is 420 g/mol. The van der Waals surface area contributed by atoms with Crippen LogP contribution in [0.5, 0.6) is 0 Å². The second kappa shape index (κ2) is 8.41. The zero-order chi connectivity index (χ0) is 21.8. The number of hydrogen-bond acceptors (Lipinski definition) is 4. The van der Waals surface area contributed by atoms with Crippen molar-refractivity contribution < 1.29 is 40.7 Å². The number of ether oxygens (including phenoxy) is 1. The second-order valence-corrected chi connectivity index (χ2v) is 5.68. The average molecular weight is 420 g/mol. The van der Waals surface area contributed by atoms with Crippen molar-refractivity contribution in [2.75, 3.05) is 11.9 Å². The summed E-state index contributed by atoms with van der Waals surface area (Å²) in [5.74, 6) is -6.94. The lowest BCUT2D eigenvalue weighted by atomic mass is 10.1. The van der Waals surface area contributed by atoms with E-state index in [9.17, 15) is 35.9 Å². The molecule has 11 heteroatoms. The molecule has 156 valence electrons. The molecule has 0 unspecified atom stereocenters. The van der Waals surface area contributed by atoms with Gasteiger partial charge in [0.25, 0.3) is 5.91 Å². The number of alkyl halides is 3. The van der Waals surface area contributed by atoms with Crippen LogP contribution in [0.1, 0.15) is 17.3 Å². The van der Waals surface area contributed by atoms with Gasteiger partial charge in [-0.15, -0.1) is 0 Å². The standard InChI is InChI=1S/C18H14F6N2O3/c1-2-29-16(28)17(18(22,23)24,25-14-7-6-12(20)9-13(14)21)26-15(27)10-4-3-5-11(19)8-10/h3-9,25H,2H2,1H3,(H,26,27)/t17-/m0/s1. The Morgan fingerprint density at radius 2 is 1.66 bits per heavy atom. The molecule has 29 heavy (non-hydrogen) atoms. The molecule has 0 bridgehead atoms. The lowest BCUT2D eigenvalue weighted by Crippen LogP contribution is -2.69. The predicted octanol–water partition coefficient (Wildman–Crippen LogP) is 3.77. The van der Waals surface area contributed by atoms with Gasteiger partial charge in [0.1, 0.15) is 17.5 Å². The molecule has 2 N–H and O–H groups in total. The molecule has 0 saturated carbocycles. The van der Waals surface area contributed by atoms with Crippen LogP contribution in [0, 0.1) is 17.5 Å². The topological polar surface area (TPSA) is 67.4 Å². The smallest absolute Gasteiger partial charge is 0.441 e. The van der Waals surface area contributed by atoms with Crippen molar-refractivity contribution in [3.05, 3.63) is 65.5 Å². The molecule has 0 heterocycles. The van der Waals surface area contributed by atoms with E-state index in [1.807, 2.05) is 0 Å². The molecule has 5 nitrogen and oxygen atoms in total. The molecule has 0 saturated heterocycles. The molecular weight excluding hydrogens is 406 g/mol. The lowest BCUT2D eigenvalue weighted by molar-refractivity contribution is -0.204. The molecule has 0 aliphatic rings. The van der Waals surface area contributed by atoms with Crippen LogP contribution in [0.2, 0.25) is 0 Å². The second-order valence-electron chi connectivity index (χ2n) is 5.68. The van der Waals surface area contributed by atoms with Crippen LogP contribution in [-0.4, -0.2) is 30.3 Å². The van der Waals surface area contributed by atoms with E-state index in [1.54, 1.807) is 5.32 Å². The van der Waals surface area contributed by atoms with Crippen molar-refractivity contribution >= 4 is 17.6 Å². The Kier molecular flexibility index (Phi) is 6.40. The number of hydrogen-bond donors (Lipinski definition) is 2. The highest BCUT2D eigenvalue weighted by atomic mass is 19.4. The van der Waals surface area contributed by atoms with Crippen molar-refractivity contribution in [3.63, 3.8) is 0 Å². The van der Waals surface area contributed by atoms with Crippen LogP contribution in [-0.2, 0) is 9.53 Å². The summed E-state index contributed by atoms with van der Waals surface area (Å²) < 4.78 is 86.6. The molecule has 1 atom stereocenters. The maximum Gasteiger partial charge on any atom is 0.441 e. The first-order chi connectivity index (χ1) is 13.5. The summed E-state index contributed by atoms with van der Waals surface area (Å²) in [5.41, 5.74) is -5.41. The van der Waals surface area contributed by atoms with Crippen molar-refractivity contribution in [2.24, 2.45) is 0 Å². The number of rotatable bonds is 6. The van der Waals surface area contributed by atoms with Gasteiger partial charge in [0, 0.05) is 11.6 Å². The van der Waals surface area contributed by atoms with Gasteiger partial charge < -0.3 is 15.4 Å². The summed E-state index contributed by atoms with van der Waals surface area (Å²) in [4.78, 5) is 24.6. The van der Waals surface area contributed by atoms with Crippen molar-refractivity contribution in [1.82, 2.24) is 5.32 Å². The van der Waals surface area contributed by atoms with Gasteiger partial charge in [-0.05, 0) is 37.3 Å². The van der Waals surface area contributed by atoms with E-state index in [2.05, 4.69) is 4.74 Å². The molecule has 2 aromatic carbocycles. The zero-order valence-corrected chi connectivity index (χ0v) is 14.7. The number of nitrogens with one attached hydrogen (secondary N) is 2. The summed E-state index contributed by atoms with van der Waals surface area (Å²) in [6.07, 6.45) is -5.54. The normalized spacial score (nSPS) is 13.3. The van der Waals surface area contributed by atoms with Gasteiger partial charge in [-0.1, -0.05) is 6.07 Å². The summed E-state index contributed by atoms with van der Waals surface area (Å²) in [5, 5.41) is 2.97. The number of benzene rings is 2. The van der Waals surface area contributed by atoms with Crippen LogP contribution in [0.15, 0.2) is 42.5 Å². The highest BCUT2D eigenvalue weighted by Crippen LogP contribution is 2.34. The minimum atomic E-state index is -5.54. The Hall–Kier alpha value is -3.24. The third kappa shape index (κ3) is 4.79. The minimum Gasteiger partial charge on any atom is -0.463 e. The maximum atomic E-state index is 14.0. The SMILES string of the molecule is CCOC(=O)[C@@](NC(=O)c1cccc(F)c1)(Nc1ccc(F)cc1F)C(F)(F)F. The van der Waals surface area contributed by atoms with Crippen LogP contribution in [0.3, 0.4) is 0 Å². The van der Waals surface area contributed by atoms with E-state index in [-0.39, 0.29) is 6.07 Å². The van der Waals surface area contributed by atoms with Crippen LogP contribution in [0.4, 0.5) is 32.0 Å². The van der Waals surface area contributed by atoms with E-state index in [0.717, 1.165) is 18.2 Å². The summed E-state index contributed by atoms with van der Waals surface area (Å²) in [6, 6.07) is 5.19. The molecule has 0 fully saturated rings. The molecule has 0 aliphatic carbocycles. The largest absolute Gasteiger partial charge is 0.463 e. The fourth-order valence-corrected chi connectivity index (χ4v) is 2.30. The summed E-state index contributed by atoms with van der Waals surface area (Å²) in [7, 11) is 0. The molecule has 0 radical (unpaired) electrons. The molecule has 0 aliphatic heterocycles. The van der Waals surface area contributed by atoms with Crippen molar-refractivity contribution in [3.8, 4) is 0 Å². The number of halogens is 6. The van der Waals surface area contributed by atoms with Gasteiger partial charge in [0.05, 0.1) is 12.3 Å².